The first-order valence-corrected chi connectivity index (χ1v) is 10.6. The average molecular weight is 431 g/mol. The molecule has 2 aromatic rings. The molecule has 1 atom stereocenters. The number of fused-ring (bicyclic) bond motifs is 2. The minimum absolute atomic E-state index is 0.109. The van der Waals surface area contributed by atoms with Crippen LogP contribution >= 0.6 is 23.4 Å². The summed E-state index contributed by atoms with van der Waals surface area (Å²) in [5, 5.41) is 2.68. The average Bonchev–Trinajstić information content (AvgIpc) is 2.72. The van der Waals surface area contributed by atoms with Crippen LogP contribution in [0.2, 0.25) is 5.02 Å². The molecule has 2 aliphatic rings. The molecule has 29 heavy (non-hydrogen) atoms. The molecule has 150 valence electrons. The second-order valence-electron chi connectivity index (χ2n) is 6.88. The Labute approximate surface area is 177 Å². The first-order chi connectivity index (χ1) is 14.0. The number of rotatable bonds is 4. The number of carbonyl (C=O) groups excluding carboxylic acids is 3. The lowest BCUT2D eigenvalue weighted by Crippen LogP contribution is -2.39. The highest BCUT2D eigenvalue weighted by Crippen LogP contribution is 2.38. The number of esters is 1. The van der Waals surface area contributed by atoms with Gasteiger partial charge in [0.25, 0.3) is 5.91 Å². The second kappa shape index (κ2) is 8.47. The van der Waals surface area contributed by atoms with E-state index < -0.39 is 11.2 Å². The fraction of sp³-hybridized carbons (Fsp3) is 0.286. The number of nitrogens with zero attached hydrogens (tertiary/aromatic N) is 1. The standard InChI is InChI=1S/C21H19ClN2O4S/c22-14-7-8-17-15(10-14)23-21(27)18(29-17)11-20(26)28-12-19(25)24-9-3-5-13-4-1-2-6-16(13)24/h1-2,4,6-8,10,18H,3,5,9,11-12H2,(H,23,27). The molecule has 0 saturated carbocycles. The molecule has 2 aliphatic heterocycles. The number of anilines is 2. The maximum Gasteiger partial charge on any atom is 0.307 e. The fourth-order valence-electron chi connectivity index (χ4n) is 3.48. The minimum atomic E-state index is -0.609. The van der Waals surface area contributed by atoms with Gasteiger partial charge >= 0.3 is 5.97 Å². The molecular formula is C21H19ClN2O4S. The Bertz CT molecular complexity index is 981. The van der Waals surface area contributed by atoms with Crippen LogP contribution in [0.1, 0.15) is 18.4 Å². The summed E-state index contributed by atoms with van der Waals surface area (Å²) in [4.78, 5) is 39.6. The van der Waals surface area contributed by atoms with Crippen molar-refractivity contribution in [2.45, 2.75) is 29.4 Å². The zero-order valence-corrected chi connectivity index (χ0v) is 17.1. The number of para-hydroxylation sites is 1. The summed E-state index contributed by atoms with van der Waals surface area (Å²) in [5.74, 6) is -1.11. The zero-order chi connectivity index (χ0) is 20.4. The molecule has 1 unspecified atom stereocenters. The largest absolute Gasteiger partial charge is 0.456 e. The molecule has 1 N–H and O–H groups in total. The molecule has 0 bridgehead atoms. The van der Waals surface area contributed by atoms with Gasteiger partial charge in [0.05, 0.1) is 17.4 Å². The van der Waals surface area contributed by atoms with E-state index in [1.54, 1.807) is 23.1 Å². The van der Waals surface area contributed by atoms with Crippen LogP contribution in [0.5, 0.6) is 0 Å². The van der Waals surface area contributed by atoms with Gasteiger partial charge in [-0.3, -0.25) is 14.4 Å². The first-order valence-electron chi connectivity index (χ1n) is 9.32. The van der Waals surface area contributed by atoms with E-state index in [0.717, 1.165) is 29.0 Å². The Kier molecular flexibility index (Phi) is 5.78. The van der Waals surface area contributed by atoms with Crippen molar-refractivity contribution in [2.75, 3.05) is 23.4 Å². The number of amides is 2. The third-order valence-electron chi connectivity index (χ3n) is 4.88. The Morgan fingerprint density at radius 3 is 2.93 bits per heavy atom. The van der Waals surface area contributed by atoms with Gasteiger partial charge in [0.2, 0.25) is 5.91 Å². The summed E-state index contributed by atoms with van der Waals surface area (Å²) in [5.41, 5.74) is 2.63. The highest BCUT2D eigenvalue weighted by atomic mass is 35.5. The molecule has 0 fully saturated rings. The van der Waals surface area contributed by atoms with Gasteiger partial charge in [-0.1, -0.05) is 29.8 Å². The summed E-state index contributed by atoms with van der Waals surface area (Å²) in [7, 11) is 0. The Morgan fingerprint density at radius 1 is 1.24 bits per heavy atom. The number of benzene rings is 2. The van der Waals surface area contributed by atoms with Crippen molar-refractivity contribution in [1.82, 2.24) is 0 Å². The molecule has 4 rings (SSSR count). The molecule has 0 saturated heterocycles. The van der Waals surface area contributed by atoms with Crippen LogP contribution < -0.4 is 10.2 Å². The van der Waals surface area contributed by atoms with Crippen LogP contribution in [-0.4, -0.2) is 36.2 Å². The molecule has 0 spiro atoms. The van der Waals surface area contributed by atoms with Gasteiger partial charge in [-0.05, 0) is 42.7 Å². The molecule has 0 radical (unpaired) electrons. The van der Waals surface area contributed by atoms with Crippen LogP contribution in [0.15, 0.2) is 47.4 Å². The van der Waals surface area contributed by atoms with Crippen molar-refractivity contribution in [2.24, 2.45) is 0 Å². The van der Waals surface area contributed by atoms with E-state index in [4.69, 9.17) is 16.3 Å². The van der Waals surface area contributed by atoms with Crippen molar-refractivity contribution in [1.29, 1.82) is 0 Å². The summed E-state index contributed by atoms with van der Waals surface area (Å²) < 4.78 is 5.19. The van der Waals surface area contributed by atoms with E-state index in [9.17, 15) is 14.4 Å². The fourth-order valence-corrected chi connectivity index (χ4v) is 4.73. The van der Waals surface area contributed by atoms with Gasteiger partial charge in [-0.2, -0.15) is 0 Å². The quantitative estimate of drug-likeness (QED) is 0.749. The van der Waals surface area contributed by atoms with Crippen molar-refractivity contribution in [3.05, 3.63) is 53.1 Å². The maximum absolute atomic E-state index is 12.6. The molecule has 2 amide bonds. The first kappa shape index (κ1) is 19.8. The number of halogens is 1. The maximum atomic E-state index is 12.6. The third kappa shape index (κ3) is 4.41. The Hall–Kier alpha value is -2.51. The third-order valence-corrected chi connectivity index (χ3v) is 6.39. The summed E-state index contributed by atoms with van der Waals surface area (Å²) in [6, 6.07) is 13.0. The Balaban J connectivity index is 1.33. The molecule has 2 heterocycles. The lowest BCUT2D eigenvalue weighted by molar-refractivity contribution is -0.148. The molecule has 0 aliphatic carbocycles. The van der Waals surface area contributed by atoms with E-state index in [2.05, 4.69) is 5.32 Å². The number of ether oxygens (including phenoxy) is 1. The van der Waals surface area contributed by atoms with Crippen molar-refractivity contribution in [3.8, 4) is 0 Å². The number of hydrogen-bond donors (Lipinski definition) is 1. The van der Waals surface area contributed by atoms with Crippen molar-refractivity contribution >= 4 is 52.5 Å². The SMILES string of the molecule is O=C(CC1Sc2ccc(Cl)cc2NC1=O)OCC(=O)N1CCCc2ccccc21. The number of nitrogens with one attached hydrogen (secondary N) is 1. The summed E-state index contributed by atoms with van der Waals surface area (Å²) in [6.07, 6.45) is 1.70. The minimum Gasteiger partial charge on any atom is -0.456 e. The number of carbonyl (C=O) groups is 3. The van der Waals surface area contributed by atoms with Gasteiger partial charge in [0, 0.05) is 22.2 Å². The number of hydrogen-bond acceptors (Lipinski definition) is 5. The number of aryl methyl sites for hydroxylation is 1. The van der Waals surface area contributed by atoms with E-state index >= 15 is 0 Å². The van der Waals surface area contributed by atoms with Crippen molar-refractivity contribution < 1.29 is 19.1 Å². The van der Waals surface area contributed by atoms with Crippen LogP contribution in [0, 0.1) is 0 Å². The lowest BCUT2D eigenvalue weighted by Gasteiger charge is -2.29. The van der Waals surface area contributed by atoms with Crippen LogP contribution in [0.25, 0.3) is 0 Å². The van der Waals surface area contributed by atoms with Crippen LogP contribution in [-0.2, 0) is 25.5 Å². The van der Waals surface area contributed by atoms with Crippen LogP contribution in [0.4, 0.5) is 11.4 Å². The molecule has 6 nitrogen and oxygen atoms in total. The van der Waals surface area contributed by atoms with Gasteiger partial charge in [-0.15, -0.1) is 11.8 Å². The summed E-state index contributed by atoms with van der Waals surface area (Å²) in [6.45, 7) is 0.270. The van der Waals surface area contributed by atoms with E-state index in [-0.39, 0.29) is 24.8 Å². The van der Waals surface area contributed by atoms with Gasteiger partial charge in [0.1, 0.15) is 0 Å². The zero-order valence-electron chi connectivity index (χ0n) is 15.5. The molecule has 2 aromatic carbocycles. The van der Waals surface area contributed by atoms with Crippen molar-refractivity contribution in [3.63, 3.8) is 0 Å². The topological polar surface area (TPSA) is 75.7 Å². The predicted molar refractivity (Wildman–Crippen MR) is 112 cm³/mol. The van der Waals surface area contributed by atoms with E-state index in [0.29, 0.717) is 17.3 Å². The predicted octanol–water partition coefficient (Wildman–Crippen LogP) is 3.67. The van der Waals surface area contributed by atoms with Gasteiger partial charge in [-0.25, -0.2) is 0 Å². The molecular weight excluding hydrogens is 412 g/mol. The molecule has 8 heteroatoms. The van der Waals surface area contributed by atoms with Crippen LogP contribution in [0.3, 0.4) is 0 Å². The van der Waals surface area contributed by atoms with Gasteiger partial charge in [0.15, 0.2) is 6.61 Å². The summed E-state index contributed by atoms with van der Waals surface area (Å²) >= 11 is 7.23. The highest BCUT2D eigenvalue weighted by molar-refractivity contribution is 8.01. The second-order valence-corrected chi connectivity index (χ2v) is 8.56. The van der Waals surface area contributed by atoms with E-state index in [1.165, 1.54) is 11.8 Å². The molecule has 0 aromatic heterocycles. The van der Waals surface area contributed by atoms with Gasteiger partial charge < -0.3 is 15.0 Å². The normalized spacial score (nSPS) is 17.8. The highest BCUT2D eigenvalue weighted by Gasteiger charge is 2.30. The Morgan fingerprint density at radius 2 is 2.07 bits per heavy atom. The van der Waals surface area contributed by atoms with E-state index in [1.807, 2.05) is 24.3 Å². The smallest absolute Gasteiger partial charge is 0.307 e. The lowest BCUT2D eigenvalue weighted by atomic mass is 10.0. The number of thioether (sulfide) groups is 1. The monoisotopic (exact) mass is 430 g/mol.